The highest BCUT2D eigenvalue weighted by molar-refractivity contribution is 8.13. The summed E-state index contributed by atoms with van der Waals surface area (Å²) in [6, 6.07) is 0. The third kappa shape index (κ3) is 3.96. The summed E-state index contributed by atoms with van der Waals surface area (Å²) in [5.41, 5.74) is 1.62. The summed E-state index contributed by atoms with van der Waals surface area (Å²) in [7, 11) is 0. The maximum atomic E-state index is 12.9. The molecule has 0 aliphatic heterocycles. The third-order valence-electron chi connectivity index (χ3n) is 9.33. The van der Waals surface area contributed by atoms with E-state index in [9.17, 15) is 14.4 Å². The molecular formula is C26H37NO3S. The van der Waals surface area contributed by atoms with Crippen molar-refractivity contribution in [3.05, 3.63) is 23.8 Å². The molecule has 3 unspecified atom stereocenters. The zero-order valence-corrected chi connectivity index (χ0v) is 20.2. The van der Waals surface area contributed by atoms with Crippen LogP contribution in [0, 0.1) is 40.4 Å². The molecule has 1 N–H and O–H groups in total. The Kier molecular flexibility index (Phi) is 6.28. The highest BCUT2D eigenvalue weighted by Gasteiger charge is 2.59. The molecule has 0 aromatic carbocycles. The molecule has 0 heterocycles. The van der Waals surface area contributed by atoms with E-state index in [0.717, 1.165) is 12.8 Å². The van der Waals surface area contributed by atoms with Gasteiger partial charge in [-0.2, -0.15) is 0 Å². The average Bonchev–Trinajstić information content (AvgIpc) is 3.08. The van der Waals surface area contributed by atoms with E-state index in [2.05, 4.69) is 32.2 Å². The minimum atomic E-state index is -0.0413. The Balaban J connectivity index is 1.45. The van der Waals surface area contributed by atoms with Crippen LogP contribution in [0.15, 0.2) is 23.8 Å². The van der Waals surface area contributed by atoms with Crippen LogP contribution in [-0.2, 0) is 14.4 Å². The van der Waals surface area contributed by atoms with Crippen LogP contribution in [-0.4, -0.2) is 29.1 Å². The number of thioether (sulfide) groups is 1. The summed E-state index contributed by atoms with van der Waals surface area (Å²) in [6.07, 6.45) is 12.9. The van der Waals surface area contributed by atoms with Gasteiger partial charge in [-0.25, -0.2) is 0 Å². The lowest BCUT2D eigenvalue weighted by Crippen LogP contribution is -2.50. The molecule has 0 radical (unpaired) electrons. The zero-order valence-electron chi connectivity index (χ0n) is 19.4. The summed E-state index contributed by atoms with van der Waals surface area (Å²) >= 11 is 1.39. The molecule has 0 saturated heterocycles. The number of amides is 1. The van der Waals surface area contributed by atoms with Crippen molar-refractivity contribution >= 4 is 28.6 Å². The average molecular weight is 444 g/mol. The van der Waals surface area contributed by atoms with Crippen molar-refractivity contribution in [3.63, 3.8) is 0 Å². The lowest BCUT2D eigenvalue weighted by molar-refractivity contribution is -0.119. The van der Waals surface area contributed by atoms with E-state index >= 15 is 0 Å². The molecule has 4 nitrogen and oxygen atoms in total. The molecule has 31 heavy (non-hydrogen) atoms. The van der Waals surface area contributed by atoms with Gasteiger partial charge in [0, 0.05) is 30.6 Å². The Morgan fingerprint density at radius 3 is 2.71 bits per heavy atom. The van der Waals surface area contributed by atoms with Gasteiger partial charge in [0.2, 0.25) is 5.91 Å². The highest BCUT2D eigenvalue weighted by Crippen LogP contribution is 2.67. The van der Waals surface area contributed by atoms with E-state index in [1.807, 2.05) is 6.08 Å². The van der Waals surface area contributed by atoms with Gasteiger partial charge in [0.05, 0.1) is 0 Å². The maximum Gasteiger partial charge on any atom is 0.216 e. The number of carbonyl (C=O) groups excluding carboxylic acids is 3. The first kappa shape index (κ1) is 22.8. The van der Waals surface area contributed by atoms with Crippen molar-refractivity contribution in [2.75, 3.05) is 12.3 Å². The van der Waals surface area contributed by atoms with Crippen molar-refractivity contribution in [2.24, 2.45) is 40.4 Å². The Bertz CT molecular complexity index is 833. The van der Waals surface area contributed by atoms with Crippen LogP contribution in [0.4, 0.5) is 0 Å². The lowest BCUT2D eigenvalue weighted by atomic mass is 9.47. The quantitative estimate of drug-likeness (QED) is 0.611. The fraction of sp³-hybridized carbons (Fsp3) is 0.731. The normalized spacial score (nSPS) is 39.7. The van der Waals surface area contributed by atoms with Gasteiger partial charge in [-0.05, 0) is 79.8 Å². The highest BCUT2D eigenvalue weighted by atomic mass is 32.2. The summed E-state index contributed by atoms with van der Waals surface area (Å²) < 4.78 is 0. The van der Waals surface area contributed by atoms with Crippen LogP contribution in [0.3, 0.4) is 0 Å². The topological polar surface area (TPSA) is 63.2 Å². The van der Waals surface area contributed by atoms with Gasteiger partial charge in [-0.3, -0.25) is 14.4 Å². The predicted molar refractivity (Wildman–Crippen MR) is 125 cm³/mol. The van der Waals surface area contributed by atoms with E-state index in [-0.39, 0.29) is 33.6 Å². The van der Waals surface area contributed by atoms with E-state index in [0.29, 0.717) is 36.0 Å². The molecule has 0 aromatic rings. The molecule has 3 saturated carbocycles. The first-order chi connectivity index (χ1) is 14.7. The summed E-state index contributed by atoms with van der Waals surface area (Å²) in [6.45, 7) is 9.01. The van der Waals surface area contributed by atoms with Gasteiger partial charge in [0.25, 0.3) is 0 Å². The molecule has 4 aliphatic carbocycles. The first-order valence-electron chi connectivity index (χ1n) is 12.0. The molecule has 5 heteroatoms. The summed E-state index contributed by atoms with van der Waals surface area (Å²) in [4.78, 5) is 35.9. The van der Waals surface area contributed by atoms with Crippen molar-refractivity contribution < 1.29 is 14.4 Å². The molecule has 3 fully saturated rings. The van der Waals surface area contributed by atoms with Crippen LogP contribution >= 0.6 is 11.8 Å². The van der Waals surface area contributed by atoms with Gasteiger partial charge in [0.15, 0.2) is 10.9 Å². The molecule has 170 valence electrons. The number of nitrogens with one attached hydrogen (secondary N) is 1. The number of carbonyl (C=O) groups is 3. The summed E-state index contributed by atoms with van der Waals surface area (Å²) in [5.74, 6) is 3.27. The molecule has 1 amide bonds. The number of ketones is 1. The first-order valence-corrected chi connectivity index (χ1v) is 13.0. The molecule has 7 atom stereocenters. The van der Waals surface area contributed by atoms with Gasteiger partial charge in [-0.15, -0.1) is 0 Å². The Morgan fingerprint density at radius 1 is 1.19 bits per heavy atom. The lowest BCUT2D eigenvalue weighted by Gasteiger charge is -2.57. The number of allylic oxidation sites excluding steroid dienone is 4. The molecule has 4 rings (SSSR count). The standard InChI is InChI=1S/C26H37NO3S/c1-16(24(30)31-14-13-27-17(2)28)21-7-8-22-20-6-5-18-15-19(29)9-11-25(18,3)23(20)10-12-26(21,22)4/h9,11,15-16,20-23H,5-8,10,12-14H2,1-4H3,(H,27,28)/t16-,20?,21+,22?,23?,25-,26+/m0/s1. The van der Waals surface area contributed by atoms with E-state index < -0.39 is 0 Å². The smallest absolute Gasteiger partial charge is 0.216 e. The molecule has 0 spiro atoms. The van der Waals surface area contributed by atoms with Gasteiger partial charge in [0.1, 0.15) is 0 Å². The molecule has 4 aliphatic rings. The van der Waals surface area contributed by atoms with Crippen LogP contribution in [0.25, 0.3) is 0 Å². The van der Waals surface area contributed by atoms with Crippen molar-refractivity contribution in [1.29, 1.82) is 0 Å². The number of rotatable bonds is 5. The number of fused-ring (bicyclic) bond motifs is 5. The second-order valence-electron chi connectivity index (χ2n) is 10.8. The Morgan fingerprint density at radius 2 is 1.97 bits per heavy atom. The minimum Gasteiger partial charge on any atom is -0.356 e. The van der Waals surface area contributed by atoms with Crippen molar-refractivity contribution in [3.8, 4) is 0 Å². The minimum absolute atomic E-state index is 0.0389. The van der Waals surface area contributed by atoms with Gasteiger partial charge >= 0.3 is 0 Å². The Labute approximate surface area is 191 Å². The number of hydrogen-bond donors (Lipinski definition) is 1. The maximum absolute atomic E-state index is 12.9. The summed E-state index contributed by atoms with van der Waals surface area (Å²) in [5, 5.41) is 3.07. The van der Waals surface area contributed by atoms with Crippen LogP contribution in [0.1, 0.15) is 66.2 Å². The van der Waals surface area contributed by atoms with E-state index in [4.69, 9.17) is 0 Å². The SMILES string of the molecule is CC(=O)NCCSC(=O)[C@@H](C)[C@H]1CCC2C3CCC4=CC(=O)C=C[C@]4(C)C3CC[C@@]21C. The largest absolute Gasteiger partial charge is 0.356 e. The van der Waals surface area contributed by atoms with Crippen molar-refractivity contribution in [2.45, 2.75) is 66.2 Å². The van der Waals surface area contributed by atoms with Crippen LogP contribution in [0.2, 0.25) is 0 Å². The fourth-order valence-corrected chi connectivity index (χ4v) is 8.57. The Hall–Kier alpha value is -1.36. The van der Waals surface area contributed by atoms with Crippen LogP contribution < -0.4 is 5.32 Å². The monoisotopic (exact) mass is 443 g/mol. The second-order valence-corrected chi connectivity index (χ2v) is 11.9. The second kappa shape index (κ2) is 8.53. The zero-order chi connectivity index (χ0) is 22.4. The van der Waals surface area contributed by atoms with Gasteiger partial charge < -0.3 is 5.32 Å². The van der Waals surface area contributed by atoms with E-state index in [1.54, 1.807) is 6.08 Å². The molecule has 0 aromatic heterocycles. The molecule has 0 bridgehead atoms. The van der Waals surface area contributed by atoms with Gasteiger partial charge in [-0.1, -0.05) is 44.2 Å². The molecular weight excluding hydrogens is 406 g/mol. The van der Waals surface area contributed by atoms with E-state index in [1.165, 1.54) is 49.9 Å². The van der Waals surface area contributed by atoms with Crippen LogP contribution in [0.5, 0.6) is 0 Å². The third-order valence-corrected chi connectivity index (χ3v) is 10.4. The predicted octanol–water partition coefficient (Wildman–Crippen LogP) is 4.94. The van der Waals surface area contributed by atoms with Crippen molar-refractivity contribution in [1.82, 2.24) is 5.32 Å². The fourth-order valence-electron chi connectivity index (χ4n) is 7.73. The number of hydrogen-bond acceptors (Lipinski definition) is 4.